The highest BCUT2D eigenvalue weighted by molar-refractivity contribution is 5.92. The Bertz CT molecular complexity index is 1040. The zero-order valence-electron chi connectivity index (χ0n) is 22.4. The predicted octanol–water partition coefficient (Wildman–Crippen LogP) is 5.31. The Hall–Kier alpha value is -1.46. The standard InChI is InChI=1S/C30H44O5/c1-25(24(34)35)13-14-26(2)19(15-25)18-7-8-21-27(3)11-10-22(32)28(4,17-31)20(27)9-12-29(21,5)30(18,6)16-23(26)33/h7-8,20-22,31-32H,9-17H2,1-6H3,(H,34,35). The van der Waals surface area contributed by atoms with E-state index >= 15 is 0 Å². The van der Waals surface area contributed by atoms with Gasteiger partial charge in [-0.05, 0) is 87.0 Å². The van der Waals surface area contributed by atoms with Crippen molar-refractivity contribution < 1.29 is 24.9 Å². The number of hydrogen-bond donors (Lipinski definition) is 3. The number of aliphatic carboxylic acids is 1. The van der Waals surface area contributed by atoms with Gasteiger partial charge in [0, 0.05) is 22.7 Å². The first kappa shape index (κ1) is 25.2. The minimum atomic E-state index is -0.835. The Kier molecular flexibility index (Phi) is 5.26. The highest BCUT2D eigenvalue weighted by Gasteiger charge is 2.68. The fraction of sp³-hybridized carbons (Fsp3) is 0.800. The van der Waals surface area contributed by atoms with E-state index in [9.17, 15) is 24.9 Å². The highest BCUT2D eigenvalue weighted by atomic mass is 16.4. The van der Waals surface area contributed by atoms with Gasteiger partial charge >= 0.3 is 5.97 Å². The van der Waals surface area contributed by atoms with Crippen LogP contribution in [0, 0.1) is 44.3 Å². The molecule has 5 aliphatic carbocycles. The number of Topliss-reactive ketones (excluding diaryl/α,β-unsaturated/α-hetero) is 1. The normalized spacial score (nSPS) is 53.4. The van der Waals surface area contributed by atoms with E-state index in [0.717, 1.165) is 24.8 Å². The van der Waals surface area contributed by atoms with Crippen LogP contribution in [-0.4, -0.2) is 39.8 Å². The summed E-state index contributed by atoms with van der Waals surface area (Å²) in [6, 6.07) is 0. The fourth-order valence-corrected chi connectivity index (χ4v) is 9.73. The second kappa shape index (κ2) is 7.31. The fourth-order valence-electron chi connectivity index (χ4n) is 9.73. The Morgan fingerprint density at radius 1 is 1.00 bits per heavy atom. The van der Waals surface area contributed by atoms with Gasteiger partial charge in [-0.15, -0.1) is 0 Å². The Morgan fingerprint density at radius 2 is 1.69 bits per heavy atom. The molecule has 5 rings (SSSR count). The summed E-state index contributed by atoms with van der Waals surface area (Å²) in [5.41, 5.74) is -0.221. The van der Waals surface area contributed by atoms with Gasteiger partial charge in [0.2, 0.25) is 0 Å². The molecule has 9 unspecified atom stereocenters. The number of aliphatic hydroxyl groups is 2. The zero-order valence-corrected chi connectivity index (χ0v) is 22.4. The van der Waals surface area contributed by atoms with E-state index in [-0.39, 0.29) is 40.5 Å². The van der Waals surface area contributed by atoms with E-state index in [0.29, 0.717) is 32.1 Å². The SMILES string of the molecule is CC1(C(=O)O)CCC2(C)C(=O)CC3(C)C(=C2C1)C=CC1C2(C)CCC(O)C(C)(CO)C2CCC13C. The number of rotatable bonds is 2. The lowest BCUT2D eigenvalue weighted by molar-refractivity contribution is -0.198. The molecule has 0 radical (unpaired) electrons. The number of aliphatic hydroxyl groups excluding tert-OH is 2. The van der Waals surface area contributed by atoms with Gasteiger partial charge in [0.1, 0.15) is 5.78 Å². The summed E-state index contributed by atoms with van der Waals surface area (Å²) < 4.78 is 0. The largest absolute Gasteiger partial charge is 0.481 e. The lowest BCUT2D eigenvalue weighted by Crippen LogP contribution is -2.64. The first-order valence-electron chi connectivity index (χ1n) is 13.6. The summed E-state index contributed by atoms with van der Waals surface area (Å²) in [7, 11) is 0. The van der Waals surface area contributed by atoms with Crippen LogP contribution in [0.5, 0.6) is 0 Å². The number of carboxylic acids is 1. The zero-order chi connectivity index (χ0) is 25.8. The molecule has 3 fully saturated rings. The molecule has 5 heteroatoms. The van der Waals surface area contributed by atoms with Crippen LogP contribution in [0.2, 0.25) is 0 Å². The number of fused-ring (bicyclic) bond motifs is 6. The molecule has 3 N–H and O–H groups in total. The number of carbonyl (C=O) groups is 2. The summed E-state index contributed by atoms with van der Waals surface area (Å²) >= 11 is 0. The predicted molar refractivity (Wildman–Crippen MR) is 134 cm³/mol. The molecule has 5 aliphatic rings. The molecule has 0 amide bonds. The van der Waals surface area contributed by atoms with Gasteiger partial charge in [0.25, 0.3) is 0 Å². The van der Waals surface area contributed by atoms with E-state index < -0.39 is 28.3 Å². The van der Waals surface area contributed by atoms with Gasteiger partial charge in [0.15, 0.2) is 0 Å². The third-order valence-electron chi connectivity index (χ3n) is 12.7. The minimum Gasteiger partial charge on any atom is -0.481 e. The van der Waals surface area contributed by atoms with Crippen LogP contribution in [0.25, 0.3) is 0 Å². The van der Waals surface area contributed by atoms with Gasteiger partial charge in [-0.3, -0.25) is 9.59 Å². The smallest absolute Gasteiger partial charge is 0.309 e. The van der Waals surface area contributed by atoms with E-state index in [1.165, 1.54) is 5.57 Å². The van der Waals surface area contributed by atoms with Gasteiger partial charge < -0.3 is 15.3 Å². The minimum absolute atomic E-state index is 0.0151. The Labute approximate surface area is 210 Å². The van der Waals surface area contributed by atoms with Crippen LogP contribution in [0.1, 0.15) is 92.9 Å². The van der Waals surface area contributed by atoms with Crippen molar-refractivity contribution in [2.75, 3.05) is 6.61 Å². The van der Waals surface area contributed by atoms with Crippen molar-refractivity contribution in [2.45, 2.75) is 99.0 Å². The summed E-state index contributed by atoms with van der Waals surface area (Å²) in [6.07, 6.45) is 9.65. The van der Waals surface area contributed by atoms with Gasteiger partial charge in [-0.25, -0.2) is 0 Å². The summed E-state index contributed by atoms with van der Waals surface area (Å²) in [5, 5.41) is 31.3. The van der Waals surface area contributed by atoms with Crippen LogP contribution in [0.3, 0.4) is 0 Å². The lowest BCUT2D eigenvalue weighted by atomic mass is 9.35. The Balaban J connectivity index is 1.68. The van der Waals surface area contributed by atoms with Crippen molar-refractivity contribution >= 4 is 11.8 Å². The molecule has 0 aromatic rings. The van der Waals surface area contributed by atoms with Crippen molar-refractivity contribution in [3.05, 3.63) is 23.3 Å². The van der Waals surface area contributed by atoms with Crippen molar-refractivity contribution in [2.24, 2.45) is 44.3 Å². The van der Waals surface area contributed by atoms with Crippen molar-refractivity contribution in [3.8, 4) is 0 Å². The maximum Gasteiger partial charge on any atom is 0.309 e. The summed E-state index contributed by atoms with van der Waals surface area (Å²) in [5.74, 6) is -0.0618. The maximum absolute atomic E-state index is 13.9. The molecule has 194 valence electrons. The van der Waals surface area contributed by atoms with Gasteiger partial charge in [-0.1, -0.05) is 45.4 Å². The number of allylic oxidation sites excluding steroid dienone is 4. The van der Waals surface area contributed by atoms with Crippen molar-refractivity contribution in [3.63, 3.8) is 0 Å². The molecule has 0 heterocycles. The van der Waals surface area contributed by atoms with Gasteiger partial charge in [-0.2, -0.15) is 0 Å². The highest BCUT2D eigenvalue weighted by Crippen LogP contribution is 2.73. The molecule has 0 spiro atoms. The second-order valence-corrected chi connectivity index (χ2v) is 14.3. The number of hydrogen-bond acceptors (Lipinski definition) is 4. The number of ketones is 1. The molecular formula is C30H44O5. The first-order valence-corrected chi connectivity index (χ1v) is 13.6. The molecule has 3 saturated carbocycles. The molecule has 0 aromatic carbocycles. The summed E-state index contributed by atoms with van der Waals surface area (Å²) in [4.78, 5) is 26.1. The quantitative estimate of drug-likeness (QED) is 0.494. The van der Waals surface area contributed by atoms with Crippen LogP contribution in [0.4, 0.5) is 0 Å². The van der Waals surface area contributed by atoms with E-state index in [1.807, 2.05) is 20.8 Å². The van der Waals surface area contributed by atoms with E-state index in [4.69, 9.17) is 0 Å². The lowest BCUT2D eigenvalue weighted by Gasteiger charge is -2.69. The van der Waals surface area contributed by atoms with E-state index in [2.05, 4.69) is 32.9 Å². The number of carboxylic acid groups (broad SMARTS) is 1. The molecule has 0 aromatic heterocycles. The third-order valence-corrected chi connectivity index (χ3v) is 12.7. The maximum atomic E-state index is 13.9. The summed E-state index contributed by atoms with van der Waals surface area (Å²) in [6.45, 7) is 12.9. The topological polar surface area (TPSA) is 94.8 Å². The second-order valence-electron chi connectivity index (χ2n) is 14.3. The number of carbonyl (C=O) groups excluding carboxylic acids is 1. The molecule has 5 nitrogen and oxygen atoms in total. The molecular weight excluding hydrogens is 440 g/mol. The van der Waals surface area contributed by atoms with Crippen molar-refractivity contribution in [1.29, 1.82) is 0 Å². The van der Waals surface area contributed by atoms with Gasteiger partial charge in [0.05, 0.1) is 18.1 Å². The van der Waals surface area contributed by atoms with E-state index in [1.54, 1.807) is 0 Å². The van der Waals surface area contributed by atoms with Crippen LogP contribution < -0.4 is 0 Å². The van der Waals surface area contributed by atoms with Crippen molar-refractivity contribution in [1.82, 2.24) is 0 Å². The average Bonchev–Trinajstić information content (AvgIpc) is 2.79. The molecule has 0 bridgehead atoms. The molecule has 0 saturated heterocycles. The molecule has 9 atom stereocenters. The monoisotopic (exact) mass is 484 g/mol. The third kappa shape index (κ3) is 2.89. The average molecular weight is 485 g/mol. The Morgan fingerprint density at radius 3 is 2.31 bits per heavy atom. The van der Waals surface area contributed by atoms with Crippen LogP contribution >= 0.6 is 0 Å². The van der Waals surface area contributed by atoms with Crippen LogP contribution in [0.15, 0.2) is 23.3 Å². The first-order chi connectivity index (χ1) is 16.1. The van der Waals surface area contributed by atoms with Crippen LogP contribution in [-0.2, 0) is 9.59 Å². The molecule has 0 aliphatic heterocycles. The molecule has 35 heavy (non-hydrogen) atoms.